The van der Waals surface area contributed by atoms with Crippen molar-refractivity contribution in [3.05, 3.63) is 65.2 Å². The molecule has 0 aliphatic carbocycles. The molecule has 2 heterocycles. The predicted molar refractivity (Wildman–Crippen MR) is 166 cm³/mol. The Balaban J connectivity index is 1.78. The molecule has 44 heavy (non-hydrogen) atoms. The third kappa shape index (κ3) is 8.99. The molecule has 5 atom stereocenters. The summed E-state index contributed by atoms with van der Waals surface area (Å²) in [6.45, 7) is 12.9. The summed E-state index contributed by atoms with van der Waals surface area (Å²) in [4.78, 5) is 30.1. The lowest BCUT2D eigenvalue weighted by atomic mass is 9.82. The molecule has 5 unspecified atom stereocenters. The van der Waals surface area contributed by atoms with E-state index < -0.39 is 6.36 Å². The number of hydrogen-bond donors (Lipinski definition) is 1. The number of rotatable bonds is 5. The van der Waals surface area contributed by atoms with E-state index in [1.165, 1.54) is 24.6 Å². The zero-order valence-electron chi connectivity index (χ0n) is 26.8. The predicted octanol–water partition coefficient (Wildman–Crippen LogP) is 7.44. The molecule has 6 nitrogen and oxygen atoms in total. The topological polar surface area (TPSA) is 61.9 Å². The number of alkyl halides is 3. The fourth-order valence-electron chi connectivity index (χ4n) is 6.97. The minimum Gasteiger partial charge on any atom is -0.406 e. The molecule has 9 heteroatoms. The summed E-state index contributed by atoms with van der Waals surface area (Å²) in [5, 5.41) is 2.91. The maximum atomic E-state index is 14.0. The van der Waals surface area contributed by atoms with Gasteiger partial charge in [-0.1, -0.05) is 70.5 Å². The molecular formula is C35H48F3N3O3. The van der Waals surface area contributed by atoms with Gasteiger partial charge in [0, 0.05) is 45.6 Å². The van der Waals surface area contributed by atoms with Crippen molar-refractivity contribution in [2.24, 2.45) is 11.3 Å². The number of ether oxygens (including phenoxy) is 1. The molecule has 242 valence electrons. The lowest BCUT2D eigenvalue weighted by molar-refractivity contribution is -0.274. The third-order valence-corrected chi connectivity index (χ3v) is 9.20. The Labute approximate surface area is 260 Å². The van der Waals surface area contributed by atoms with Crippen LogP contribution >= 0.6 is 0 Å². The molecule has 2 aromatic rings. The van der Waals surface area contributed by atoms with Crippen LogP contribution in [0, 0.1) is 11.3 Å². The molecule has 0 radical (unpaired) electrons. The van der Waals surface area contributed by atoms with E-state index >= 15 is 0 Å². The van der Waals surface area contributed by atoms with Gasteiger partial charge in [-0.2, -0.15) is 0 Å². The molecule has 0 spiro atoms. The van der Waals surface area contributed by atoms with Crippen LogP contribution in [0.3, 0.4) is 0 Å². The second-order valence-corrected chi connectivity index (χ2v) is 13.6. The largest absolute Gasteiger partial charge is 0.573 e. The van der Waals surface area contributed by atoms with Gasteiger partial charge in [-0.25, -0.2) is 0 Å². The normalized spacial score (nSPS) is 25.5. The summed E-state index contributed by atoms with van der Waals surface area (Å²) in [6.07, 6.45) is 0.0706. The molecule has 2 aromatic carbocycles. The quantitative estimate of drug-likeness (QED) is 0.380. The highest BCUT2D eigenvalue weighted by Gasteiger charge is 2.40. The molecule has 2 aliphatic rings. The molecule has 2 amide bonds. The highest BCUT2D eigenvalue weighted by molar-refractivity contribution is 5.77. The number of hydrogen-bond acceptors (Lipinski definition) is 4. The lowest BCUT2D eigenvalue weighted by Crippen LogP contribution is -2.52. The van der Waals surface area contributed by atoms with Gasteiger partial charge in [0.25, 0.3) is 0 Å². The van der Waals surface area contributed by atoms with Crippen molar-refractivity contribution in [2.45, 2.75) is 97.5 Å². The van der Waals surface area contributed by atoms with Crippen molar-refractivity contribution in [1.82, 2.24) is 15.1 Å². The maximum absolute atomic E-state index is 14.0. The van der Waals surface area contributed by atoms with E-state index in [0.717, 1.165) is 49.8 Å². The first kappa shape index (κ1) is 33.8. The van der Waals surface area contributed by atoms with Crippen LogP contribution in [-0.2, 0) is 9.59 Å². The summed E-state index contributed by atoms with van der Waals surface area (Å²) >= 11 is 0. The lowest BCUT2D eigenvalue weighted by Gasteiger charge is -2.43. The number of nitrogens with one attached hydrogen (secondary N) is 1. The van der Waals surface area contributed by atoms with E-state index in [0.29, 0.717) is 26.1 Å². The summed E-state index contributed by atoms with van der Waals surface area (Å²) in [5.74, 6) is 0.301. The van der Waals surface area contributed by atoms with Crippen LogP contribution in [0.2, 0.25) is 0 Å². The van der Waals surface area contributed by atoms with E-state index in [-0.39, 0.29) is 46.9 Å². The van der Waals surface area contributed by atoms with E-state index in [9.17, 15) is 22.8 Å². The number of carbonyl (C=O) groups is 2. The van der Waals surface area contributed by atoms with Gasteiger partial charge in [0.1, 0.15) is 5.75 Å². The van der Waals surface area contributed by atoms with Crippen molar-refractivity contribution in [3.8, 4) is 5.75 Å². The van der Waals surface area contributed by atoms with Gasteiger partial charge in [-0.15, -0.1) is 13.2 Å². The van der Waals surface area contributed by atoms with E-state index in [1.54, 1.807) is 12.1 Å². The van der Waals surface area contributed by atoms with Crippen LogP contribution in [0.25, 0.3) is 0 Å². The molecule has 2 bridgehead atoms. The third-order valence-electron chi connectivity index (χ3n) is 9.20. The molecule has 1 saturated heterocycles. The Morgan fingerprint density at radius 2 is 1.66 bits per heavy atom. The zero-order valence-corrected chi connectivity index (χ0v) is 26.8. The minimum atomic E-state index is -4.75. The van der Waals surface area contributed by atoms with Crippen LogP contribution in [0.1, 0.15) is 102 Å². The molecule has 0 aromatic heterocycles. The molecule has 1 N–H and O–H groups in total. The fraction of sp³-hybridized carbons (Fsp3) is 0.600. The van der Waals surface area contributed by atoms with Gasteiger partial charge in [-0.3, -0.25) is 14.5 Å². The van der Waals surface area contributed by atoms with Crippen molar-refractivity contribution < 1.29 is 27.5 Å². The first-order valence-corrected chi connectivity index (χ1v) is 16.0. The minimum absolute atomic E-state index is 0.0556. The SMILES string of the molecule is CC(=O)NCCC1CCCC(C)c2ccccc2C(c2ccc(OC(F)(F)F)cc2)N2CCCN(C(=O)C1)C(C(C)(C)C)C2. The molecule has 0 saturated carbocycles. The fourth-order valence-corrected chi connectivity index (χ4v) is 6.97. The number of benzene rings is 2. The van der Waals surface area contributed by atoms with Crippen LogP contribution in [-0.4, -0.2) is 60.2 Å². The Kier molecular flexibility index (Phi) is 11.0. The Morgan fingerprint density at radius 1 is 0.977 bits per heavy atom. The summed E-state index contributed by atoms with van der Waals surface area (Å²) in [7, 11) is 0. The second-order valence-electron chi connectivity index (χ2n) is 13.6. The first-order chi connectivity index (χ1) is 20.7. The Bertz CT molecular complexity index is 1260. The smallest absolute Gasteiger partial charge is 0.406 e. The van der Waals surface area contributed by atoms with Crippen LogP contribution in [0.15, 0.2) is 48.5 Å². The number of nitrogens with zero attached hydrogens (tertiary/aromatic N) is 2. The van der Waals surface area contributed by atoms with Crippen LogP contribution in [0.4, 0.5) is 13.2 Å². The number of fused-ring (bicyclic) bond motifs is 4. The summed E-state index contributed by atoms with van der Waals surface area (Å²) in [5.41, 5.74) is 3.08. The van der Waals surface area contributed by atoms with Gasteiger partial charge in [0.15, 0.2) is 0 Å². The number of amides is 2. The Morgan fingerprint density at radius 3 is 2.30 bits per heavy atom. The number of halogens is 3. The van der Waals surface area contributed by atoms with E-state index in [4.69, 9.17) is 0 Å². The van der Waals surface area contributed by atoms with Crippen molar-refractivity contribution in [2.75, 3.05) is 26.2 Å². The van der Waals surface area contributed by atoms with Gasteiger partial charge in [0.2, 0.25) is 11.8 Å². The summed E-state index contributed by atoms with van der Waals surface area (Å²) < 4.78 is 43.0. The monoisotopic (exact) mass is 615 g/mol. The van der Waals surface area contributed by atoms with Crippen molar-refractivity contribution >= 4 is 11.8 Å². The maximum Gasteiger partial charge on any atom is 0.573 e. The van der Waals surface area contributed by atoms with E-state index in [2.05, 4.69) is 65.7 Å². The highest BCUT2D eigenvalue weighted by atomic mass is 19.4. The van der Waals surface area contributed by atoms with Gasteiger partial charge >= 0.3 is 6.36 Å². The number of carbonyl (C=O) groups excluding carboxylic acids is 2. The van der Waals surface area contributed by atoms with Crippen LogP contribution < -0.4 is 10.1 Å². The summed E-state index contributed by atoms with van der Waals surface area (Å²) in [6, 6.07) is 14.5. The van der Waals surface area contributed by atoms with Crippen molar-refractivity contribution in [3.63, 3.8) is 0 Å². The Hall–Kier alpha value is -3.07. The standard InChI is InChI=1S/C35H48F3N3O3/c1-24-10-8-11-26(18-19-39-25(2)42)22-32(43)41-21-9-20-40(23-31(41)34(3,4)5)33(30-13-7-6-12-29(24)30)27-14-16-28(17-15-27)44-35(36,37)38/h6-7,12-17,24,26,31,33H,8-11,18-23H2,1-5H3,(H,39,42). The average molecular weight is 616 g/mol. The molecule has 1 fully saturated rings. The first-order valence-electron chi connectivity index (χ1n) is 16.0. The molecule has 2 aliphatic heterocycles. The highest BCUT2D eigenvalue weighted by Crippen LogP contribution is 2.40. The van der Waals surface area contributed by atoms with Gasteiger partial charge in [-0.05, 0) is 71.8 Å². The van der Waals surface area contributed by atoms with Crippen molar-refractivity contribution in [1.29, 1.82) is 0 Å². The second kappa shape index (κ2) is 14.4. The molecular weight excluding hydrogens is 567 g/mol. The van der Waals surface area contributed by atoms with Gasteiger partial charge < -0.3 is 15.0 Å². The zero-order chi connectivity index (χ0) is 32.1. The van der Waals surface area contributed by atoms with E-state index in [1.807, 2.05) is 6.07 Å². The molecule has 4 rings (SSSR count). The van der Waals surface area contributed by atoms with Crippen LogP contribution in [0.5, 0.6) is 5.75 Å². The van der Waals surface area contributed by atoms with Gasteiger partial charge in [0.05, 0.1) is 6.04 Å². The average Bonchev–Trinajstić information content (AvgIpc) is 3.16.